The van der Waals surface area contributed by atoms with Crippen LogP contribution >= 0.6 is 11.3 Å². The summed E-state index contributed by atoms with van der Waals surface area (Å²) in [6, 6.07) is 1.85. The molecular weight excluding hydrogens is 122 g/mol. The molecule has 3 nitrogen and oxygen atoms in total. The van der Waals surface area contributed by atoms with Crippen molar-refractivity contribution in [1.82, 2.24) is 10.2 Å². The van der Waals surface area contributed by atoms with Crippen LogP contribution in [0, 0.1) is 18.3 Å². The van der Waals surface area contributed by atoms with Crippen LogP contribution in [0.1, 0.15) is 10.0 Å². The topological polar surface area (TPSA) is 49.6 Å². The lowest BCUT2D eigenvalue weighted by Crippen LogP contribution is -1.69. The molecule has 0 atom stereocenters. The largest absolute Gasteiger partial charge is 0.217 e. The van der Waals surface area contributed by atoms with E-state index in [0.717, 1.165) is 0 Å². The molecule has 1 heterocycles. The van der Waals surface area contributed by atoms with Gasteiger partial charge in [0, 0.05) is 6.92 Å². The summed E-state index contributed by atoms with van der Waals surface area (Å²) in [5, 5.41) is 16.1. The summed E-state index contributed by atoms with van der Waals surface area (Å²) < 4.78 is 0. The first kappa shape index (κ1) is 5.19. The fourth-order valence-electron chi connectivity index (χ4n) is 0.299. The quantitative estimate of drug-likeness (QED) is 0.508. The monoisotopic (exact) mass is 124 g/mol. The fraction of sp³-hybridized carbons (Fsp3) is 0. The van der Waals surface area contributed by atoms with E-state index >= 15 is 0 Å². The van der Waals surface area contributed by atoms with Crippen LogP contribution in [0.4, 0.5) is 0 Å². The lowest BCUT2D eigenvalue weighted by molar-refractivity contribution is 1.05. The van der Waals surface area contributed by atoms with Crippen LogP contribution < -0.4 is 0 Å². The minimum atomic E-state index is 0.370. The normalized spacial score (nSPS) is 8.50. The molecule has 0 unspecified atom stereocenters. The third-order valence-corrected chi connectivity index (χ3v) is 1.25. The number of aromatic nitrogens is 2. The molecule has 8 heavy (non-hydrogen) atoms. The van der Waals surface area contributed by atoms with Crippen LogP contribution in [-0.4, -0.2) is 10.2 Å². The number of nitrogens with zero attached hydrogens (tertiary/aromatic N) is 3. The highest BCUT2D eigenvalue weighted by atomic mass is 32.1. The first-order valence-corrected chi connectivity index (χ1v) is 2.70. The first-order valence-electron chi connectivity index (χ1n) is 1.88. The van der Waals surface area contributed by atoms with E-state index in [1.807, 2.05) is 6.07 Å². The van der Waals surface area contributed by atoms with Gasteiger partial charge in [-0.3, -0.25) is 0 Å². The van der Waals surface area contributed by atoms with E-state index in [9.17, 15) is 0 Å². The Morgan fingerprint density at radius 2 is 2.38 bits per heavy atom. The van der Waals surface area contributed by atoms with Gasteiger partial charge in [0.25, 0.3) is 0 Å². The molecule has 0 bridgehead atoms. The van der Waals surface area contributed by atoms with Gasteiger partial charge in [-0.2, -0.15) is 5.26 Å². The maximum atomic E-state index is 8.18. The fourth-order valence-corrected chi connectivity index (χ4v) is 0.731. The van der Waals surface area contributed by atoms with E-state index in [4.69, 9.17) is 5.26 Å². The second-order valence-electron chi connectivity index (χ2n) is 1.11. The summed E-state index contributed by atoms with van der Waals surface area (Å²) in [6.07, 6.45) is 0. The molecule has 0 aromatic carbocycles. The van der Waals surface area contributed by atoms with Crippen molar-refractivity contribution in [2.75, 3.05) is 0 Å². The van der Waals surface area contributed by atoms with Gasteiger partial charge in [0.05, 0.1) is 0 Å². The van der Waals surface area contributed by atoms with Crippen LogP contribution in [0.5, 0.6) is 0 Å². The second kappa shape index (κ2) is 1.88. The van der Waals surface area contributed by atoms with Gasteiger partial charge >= 0.3 is 0 Å². The molecule has 0 spiro atoms. The van der Waals surface area contributed by atoms with Crippen LogP contribution in [0.25, 0.3) is 0 Å². The minimum Gasteiger partial charge on any atom is -0.190 e. The molecule has 4 heteroatoms. The van der Waals surface area contributed by atoms with Gasteiger partial charge in [-0.15, -0.1) is 10.2 Å². The smallest absolute Gasteiger partial charge is 0.190 e. The average Bonchev–Trinajstić information content (AvgIpc) is 2.14. The van der Waals surface area contributed by atoms with E-state index in [1.165, 1.54) is 11.3 Å². The molecular formula is C4H2N3S. The zero-order chi connectivity index (χ0) is 5.98. The SMILES string of the molecule is [CH2]c1nnc(C#N)s1. The zero-order valence-electron chi connectivity index (χ0n) is 3.96. The average molecular weight is 124 g/mol. The molecule has 1 rings (SSSR count). The minimum absolute atomic E-state index is 0.370. The summed E-state index contributed by atoms with van der Waals surface area (Å²) in [4.78, 5) is 0. The van der Waals surface area contributed by atoms with Crippen molar-refractivity contribution in [3.05, 3.63) is 16.9 Å². The molecule has 1 radical (unpaired) electrons. The van der Waals surface area contributed by atoms with Crippen LogP contribution in [0.3, 0.4) is 0 Å². The molecule has 0 aliphatic rings. The number of rotatable bonds is 0. The molecule has 0 aliphatic carbocycles. The lowest BCUT2D eigenvalue weighted by Gasteiger charge is -1.63. The molecule has 0 aliphatic heterocycles. The third-order valence-electron chi connectivity index (χ3n) is 0.562. The standard InChI is InChI=1S/C4H2N3S/c1-3-6-7-4(2-5)8-3/h1H2. The maximum Gasteiger partial charge on any atom is 0.217 e. The maximum absolute atomic E-state index is 8.18. The van der Waals surface area contributed by atoms with Gasteiger partial charge in [0.1, 0.15) is 11.1 Å². The Balaban J connectivity index is 3.05. The molecule has 1 aromatic heterocycles. The molecule has 0 amide bonds. The third kappa shape index (κ3) is 0.820. The number of hydrogen-bond acceptors (Lipinski definition) is 4. The Bertz CT molecular complexity index is 221. The Morgan fingerprint density at radius 1 is 1.62 bits per heavy atom. The van der Waals surface area contributed by atoms with Gasteiger partial charge in [0.2, 0.25) is 5.01 Å². The predicted molar refractivity (Wildman–Crippen MR) is 29.1 cm³/mol. The highest BCUT2D eigenvalue weighted by molar-refractivity contribution is 7.11. The van der Waals surface area contributed by atoms with E-state index in [2.05, 4.69) is 17.1 Å². The van der Waals surface area contributed by atoms with Crippen molar-refractivity contribution in [2.24, 2.45) is 0 Å². The van der Waals surface area contributed by atoms with Crippen molar-refractivity contribution < 1.29 is 0 Å². The highest BCUT2D eigenvalue weighted by Crippen LogP contribution is 2.04. The van der Waals surface area contributed by atoms with Gasteiger partial charge in [-0.1, -0.05) is 11.3 Å². The molecule has 0 fully saturated rings. The molecule has 1 aromatic rings. The molecule has 0 saturated carbocycles. The summed E-state index contributed by atoms with van der Waals surface area (Å²) in [6.45, 7) is 3.48. The van der Waals surface area contributed by atoms with E-state index < -0.39 is 0 Å². The Hall–Kier alpha value is -0.950. The number of nitriles is 1. The van der Waals surface area contributed by atoms with E-state index in [1.54, 1.807) is 0 Å². The molecule has 0 N–H and O–H groups in total. The van der Waals surface area contributed by atoms with Crippen LogP contribution in [0.2, 0.25) is 0 Å². The summed E-state index contributed by atoms with van der Waals surface area (Å²) in [5.74, 6) is 0. The van der Waals surface area contributed by atoms with E-state index in [-0.39, 0.29) is 0 Å². The number of hydrogen-bond donors (Lipinski definition) is 0. The Morgan fingerprint density at radius 3 is 2.62 bits per heavy atom. The van der Waals surface area contributed by atoms with Gasteiger partial charge in [-0.25, -0.2) is 0 Å². The van der Waals surface area contributed by atoms with Crippen LogP contribution in [-0.2, 0) is 0 Å². The van der Waals surface area contributed by atoms with Gasteiger partial charge in [-0.05, 0) is 0 Å². The summed E-state index contributed by atoms with van der Waals surface area (Å²) in [7, 11) is 0. The van der Waals surface area contributed by atoms with Crippen molar-refractivity contribution in [2.45, 2.75) is 0 Å². The van der Waals surface area contributed by atoms with E-state index in [0.29, 0.717) is 10.0 Å². The lowest BCUT2D eigenvalue weighted by atomic mass is 10.8. The Labute approximate surface area is 50.6 Å². The van der Waals surface area contributed by atoms with Crippen molar-refractivity contribution in [3.63, 3.8) is 0 Å². The highest BCUT2D eigenvalue weighted by Gasteiger charge is 1.94. The summed E-state index contributed by atoms with van der Waals surface area (Å²) >= 11 is 1.19. The second-order valence-corrected chi connectivity index (χ2v) is 2.17. The summed E-state index contributed by atoms with van der Waals surface area (Å²) in [5.41, 5.74) is 0. The van der Waals surface area contributed by atoms with Crippen molar-refractivity contribution in [1.29, 1.82) is 5.26 Å². The predicted octanol–water partition coefficient (Wildman–Crippen LogP) is 0.592. The van der Waals surface area contributed by atoms with Gasteiger partial charge in [0.15, 0.2) is 0 Å². The molecule has 39 valence electrons. The van der Waals surface area contributed by atoms with Crippen molar-refractivity contribution >= 4 is 11.3 Å². The van der Waals surface area contributed by atoms with Crippen LogP contribution in [0.15, 0.2) is 0 Å². The molecule has 0 saturated heterocycles. The first-order chi connectivity index (χ1) is 3.83. The zero-order valence-corrected chi connectivity index (χ0v) is 4.77. The van der Waals surface area contributed by atoms with Crippen molar-refractivity contribution in [3.8, 4) is 6.07 Å². The van der Waals surface area contributed by atoms with Gasteiger partial charge < -0.3 is 0 Å². The Kier molecular flexibility index (Phi) is 1.22.